The highest BCUT2D eigenvalue weighted by Gasteiger charge is 2.28. The Bertz CT molecular complexity index is 1170. The number of hydrogen-bond donors (Lipinski definition) is 1. The van der Waals surface area contributed by atoms with Crippen LogP contribution >= 0.6 is 11.6 Å². The van der Waals surface area contributed by atoms with Crippen LogP contribution in [-0.4, -0.2) is 52.8 Å². The van der Waals surface area contributed by atoms with Gasteiger partial charge in [0.15, 0.2) is 0 Å². The second kappa shape index (κ2) is 9.32. The highest BCUT2D eigenvalue weighted by atomic mass is 35.5. The van der Waals surface area contributed by atoms with Crippen molar-refractivity contribution in [1.82, 2.24) is 14.8 Å². The molecule has 0 aliphatic carbocycles. The molecule has 1 aromatic heterocycles. The van der Waals surface area contributed by atoms with Crippen LogP contribution in [0.4, 0.5) is 20.3 Å². The number of carbonyl (C=O) groups is 2. The van der Waals surface area contributed by atoms with Crippen molar-refractivity contribution in [2.24, 2.45) is 0 Å². The third-order valence-corrected chi connectivity index (χ3v) is 5.45. The number of nitrogens with one attached hydrogen (secondary N) is 1. The number of rotatable bonds is 4. The number of benzene rings is 2. The Kier molecular flexibility index (Phi) is 6.32. The standard InChI is InChI=1S/C23H19ClF2N4O2/c24-20-14-16(26)6-7-18(20)22(31)29-9-11-30(12-10-29)23(32)19-5-2-8-27-21(19)28-17-4-1-3-15(25)13-17/h1-8,13-14H,9-12H2,(H,27,28). The third-order valence-electron chi connectivity index (χ3n) is 5.14. The molecule has 2 heterocycles. The smallest absolute Gasteiger partial charge is 0.257 e. The zero-order chi connectivity index (χ0) is 22.7. The first kappa shape index (κ1) is 21.7. The molecule has 0 spiro atoms. The first-order valence-electron chi connectivity index (χ1n) is 9.93. The Labute approximate surface area is 188 Å². The number of hydrogen-bond acceptors (Lipinski definition) is 4. The molecule has 2 amide bonds. The van der Waals surface area contributed by atoms with Crippen molar-refractivity contribution in [1.29, 1.82) is 0 Å². The molecule has 164 valence electrons. The number of pyridine rings is 1. The number of anilines is 2. The maximum Gasteiger partial charge on any atom is 0.257 e. The van der Waals surface area contributed by atoms with Gasteiger partial charge < -0.3 is 15.1 Å². The fraction of sp³-hybridized carbons (Fsp3) is 0.174. The minimum absolute atomic E-state index is 0.0527. The van der Waals surface area contributed by atoms with Crippen LogP contribution in [0, 0.1) is 11.6 Å². The van der Waals surface area contributed by atoms with Crippen LogP contribution in [0.25, 0.3) is 0 Å². The summed E-state index contributed by atoms with van der Waals surface area (Å²) in [5.74, 6) is -1.15. The molecule has 2 aromatic carbocycles. The maximum atomic E-state index is 13.5. The Morgan fingerprint density at radius 3 is 2.16 bits per heavy atom. The van der Waals surface area contributed by atoms with Gasteiger partial charge in [-0.3, -0.25) is 9.59 Å². The van der Waals surface area contributed by atoms with Crippen LogP contribution in [0.5, 0.6) is 0 Å². The van der Waals surface area contributed by atoms with Gasteiger partial charge in [-0.05, 0) is 48.5 Å². The van der Waals surface area contributed by atoms with Gasteiger partial charge in [-0.2, -0.15) is 0 Å². The molecule has 6 nitrogen and oxygen atoms in total. The van der Waals surface area contributed by atoms with Gasteiger partial charge in [0.1, 0.15) is 17.5 Å². The molecule has 9 heteroatoms. The van der Waals surface area contributed by atoms with Gasteiger partial charge in [0.05, 0.1) is 16.1 Å². The third kappa shape index (κ3) is 4.70. The SMILES string of the molecule is O=C(c1ccc(F)cc1Cl)N1CCN(C(=O)c2cccnc2Nc2cccc(F)c2)CC1. The van der Waals surface area contributed by atoms with E-state index in [-0.39, 0.29) is 22.4 Å². The fourth-order valence-corrected chi connectivity index (χ4v) is 3.74. The lowest BCUT2D eigenvalue weighted by atomic mass is 10.1. The van der Waals surface area contributed by atoms with E-state index in [0.717, 1.165) is 6.07 Å². The van der Waals surface area contributed by atoms with Gasteiger partial charge in [0.25, 0.3) is 11.8 Å². The first-order chi connectivity index (χ1) is 15.4. The lowest BCUT2D eigenvalue weighted by molar-refractivity contribution is 0.0536. The monoisotopic (exact) mass is 456 g/mol. The van der Waals surface area contributed by atoms with Crippen LogP contribution < -0.4 is 5.32 Å². The first-order valence-corrected chi connectivity index (χ1v) is 10.3. The molecule has 32 heavy (non-hydrogen) atoms. The van der Waals surface area contributed by atoms with E-state index in [1.807, 2.05) is 0 Å². The van der Waals surface area contributed by atoms with E-state index in [0.29, 0.717) is 43.2 Å². The van der Waals surface area contributed by atoms with E-state index in [2.05, 4.69) is 10.3 Å². The Morgan fingerprint density at radius 2 is 1.50 bits per heavy atom. The molecular formula is C23H19ClF2N4O2. The summed E-state index contributed by atoms with van der Waals surface area (Å²) in [6.07, 6.45) is 1.54. The van der Waals surface area contributed by atoms with Gasteiger partial charge >= 0.3 is 0 Å². The molecule has 0 unspecified atom stereocenters. The van der Waals surface area contributed by atoms with Gasteiger partial charge in [-0.1, -0.05) is 17.7 Å². The van der Waals surface area contributed by atoms with Crippen molar-refractivity contribution < 1.29 is 18.4 Å². The summed E-state index contributed by atoms with van der Waals surface area (Å²) in [5, 5.41) is 3.04. The van der Waals surface area contributed by atoms with Crippen LogP contribution in [0.15, 0.2) is 60.8 Å². The van der Waals surface area contributed by atoms with Crippen molar-refractivity contribution >= 4 is 34.9 Å². The van der Waals surface area contributed by atoms with Gasteiger partial charge in [0, 0.05) is 38.1 Å². The highest BCUT2D eigenvalue weighted by Crippen LogP contribution is 2.23. The summed E-state index contributed by atoms with van der Waals surface area (Å²) in [5.41, 5.74) is 1.05. The van der Waals surface area contributed by atoms with Crippen LogP contribution in [0.3, 0.4) is 0 Å². The van der Waals surface area contributed by atoms with Crippen LogP contribution in [-0.2, 0) is 0 Å². The Hall–Kier alpha value is -3.52. The number of nitrogens with zero attached hydrogens (tertiary/aromatic N) is 3. The minimum Gasteiger partial charge on any atom is -0.339 e. The van der Waals surface area contributed by atoms with E-state index < -0.39 is 11.6 Å². The molecule has 1 N–H and O–H groups in total. The highest BCUT2D eigenvalue weighted by molar-refractivity contribution is 6.33. The van der Waals surface area contributed by atoms with Crippen molar-refractivity contribution in [3.05, 3.63) is 88.6 Å². The minimum atomic E-state index is -0.513. The maximum absolute atomic E-state index is 13.5. The Balaban J connectivity index is 1.44. The van der Waals surface area contributed by atoms with E-state index >= 15 is 0 Å². The molecular weight excluding hydrogens is 438 g/mol. The summed E-state index contributed by atoms with van der Waals surface area (Å²) in [6.45, 7) is 1.26. The van der Waals surface area contributed by atoms with E-state index in [4.69, 9.17) is 11.6 Å². The normalized spacial score (nSPS) is 13.7. The summed E-state index contributed by atoms with van der Waals surface area (Å²) in [6, 6.07) is 12.8. The number of halogens is 3. The second-order valence-electron chi connectivity index (χ2n) is 7.24. The van der Waals surface area contributed by atoms with Crippen LogP contribution in [0.1, 0.15) is 20.7 Å². The number of aromatic nitrogens is 1. The lowest BCUT2D eigenvalue weighted by Crippen LogP contribution is -2.50. The molecule has 1 saturated heterocycles. The molecule has 1 fully saturated rings. The molecule has 1 aliphatic heterocycles. The number of carbonyl (C=O) groups excluding carboxylic acids is 2. The topological polar surface area (TPSA) is 65.5 Å². The molecule has 3 aromatic rings. The quantitative estimate of drug-likeness (QED) is 0.633. The summed E-state index contributed by atoms with van der Waals surface area (Å²) >= 11 is 6.01. The largest absolute Gasteiger partial charge is 0.339 e. The van der Waals surface area contributed by atoms with E-state index in [1.54, 1.807) is 40.3 Å². The molecule has 0 bridgehead atoms. The van der Waals surface area contributed by atoms with Crippen molar-refractivity contribution in [2.75, 3.05) is 31.5 Å². The van der Waals surface area contributed by atoms with E-state index in [1.165, 1.54) is 24.3 Å². The predicted octanol–water partition coefficient (Wildman–Crippen LogP) is 4.36. The van der Waals surface area contributed by atoms with Gasteiger partial charge in [-0.25, -0.2) is 13.8 Å². The number of amides is 2. The fourth-order valence-electron chi connectivity index (χ4n) is 3.50. The van der Waals surface area contributed by atoms with E-state index in [9.17, 15) is 18.4 Å². The molecule has 1 aliphatic rings. The van der Waals surface area contributed by atoms with Crippen molar-refractivity contribution in [3.63, 3.8) is 0 Å². The second-order valence-corrected chi connectivity index (χ2v) is 7.65. The van der Waals surface area contributed by atoms with Crippen LogP contribution in [0.2, 0.25) is 5.02 Å². The zero-order valence-corrected chi connectivity index (χ0v) is 17.6. The average molecular weight is 457 g/mol. The number of piperazine rings is 1. The van der Waals surface area contributed by atoms with Crippen molar-refractivity contribution in [3.8, 4) is 0 Å². The van der Waals surface area contributed by atoms with Gasteiger partial charge in [0.2, 0.25) is 0 Å². The Morgan fingerprint density at radius 1 is 0.844 bits per heavy atom. The summed E-state index contributed by atoms with van der Waals surface area (Å²) in [4.78, 5) is 33.3. The summed E-state index contributed by atoms with van der Waals surface area (Å²) in [7, 11) is 0. The molecule has 0 atom stereocenters. The van der Waals surface area contributed by atoms with Gasteiger partial charge in [-0.15, -0.1) is 0 Å². The molecule has 4 rings (SSSR count). The molecule has 0 radical (unpaired) electrons. The lowest BCUT2D eigenvalue weighted by Gasteiger charge is -2.35. The predicted molar refractivity (Wildman–Crippen MR) is 117 cm³/mol. The molecule has 0 saturated carbocycles. The van der Waals surface area contributed by atoms with Crippen molar-refractivity contribution in [2.45, 2.75) is 0 Å². The summed E-state index contributed by atoms with van der Waals surface area (Å²) < 4.78 is 26.8. The zero-order valence-electron chi connectivity index (χ0n) is 16.9. The average Bonchev–Trinajstić information content (AvgIpc) is 2.79.